The Morgan fingerprint density at radius 3 is 2.94 bits per heavy atom. The van der Waals surface area contributed by atoms with Crippen LogP contribution in [0.25, 0.3) is 0 Å². The van der Waals surface area contributed by atoms with Crippen LogP contribution in [0.15, 0.2) is 21.8 Å². The zero-order valence-electron chi connectivity index (χ0n) is 16.6. The molecule has 2 aliphatic rings. The van der Waals surface area contributed by atoms with Crippen LogP contribution >= 0.6 is 23.1 Å². The van der Waals surface area contributed by atoms with Crippen LogP contribution in [0.2, 0.25) is 0 Å². The predicted molar refractivity (Wildman–Crippen MR) is 114 cm³/mol. The first-order chi connectivity index (χ1) is 15.3. The summed E-state index contributed by atoms with van der Waals surface area (Å²) in [6.45, 7) is 0.892. The normalized spacial score (nSPS) is 19.5. The molecule has 0 radical (unpaired) electrons. The number of nitrogens with zero attached hydrogens (tertiary/aromatic N) is 3. The number of carboxylic acids is 1. The molecule has 12 nitrogen and oxygen atoms in total. The van der Waals surface area contributed by atoms with Crippen LogP contribution in [0, 0.1) is 11.8 Å². The summed E-state index contributed by atoms with van der Waals surface area (Å²) in [5.74, 6) is 2.44. The van der Waals surface area contributed by atoms with E-state index in [9.17, 15) is 24.3 Å². The molecule has 168 valence electrons. The zero-order valence-corrected chi connectivity index (χ0v) is 18.2. The molecule has 1 fully saturated rings. The fourth-order valence-electron chi connectivity index (χ4n) is 2.80. The first-order valence-electron chi connectivity index (χ1n) is 8.97. The number of fused-ring (bicyclic) bond motifs is 1. The van der Waals surface area contributed by atoms with Crippen molar-refractivity contribution in [1.29, 1.82) is 0 Å². The van der Waals surface area contributed by atoms with Crippen molar-refractivity contribution < 1.29 is 33.9 Å². The van der Waals surface area contributed by atoms with Gasteiger partial charge in [-0.25, -0.2) is 9.78 Å². The molecule has 1 aromatic heterocycles. The minimum absolute atomic E-state index is 0.0896. The van der Waals surface area contributed by atoms with Gasteiger partial charge in [0.25, 0.3) is 11.8 Å². The molecule has 0 spiro atoms. The first kappa shape index (κ1) is 23.1. The number of nitrogen functional groups attached to an aromatic ring is 1. The van der Waals surface area contributed by atoms with Gasteiger partial charge < -0.3 is 25.7 Å². The Balaban J connectivity index is 1.51. The SMILES string of the molecule is CC(=O)OCC1=C(C(=O)O)N2C(=O)[C@@H](NC(=O)C=NOCC#Cc3csc(N)n3)[C@@H]2SC1. The molecule has 0 unspecified atom stereocenters. The van der Waals surface area contributed by atoms with Gasteiger partial charge in [-0.2, -0.15) is 0 Å². The van der Waals surface area contributed by atoms with Crippen molar-refractivity contribution in [2.24, 2.45) is 5.16 Å². The van der Waals surface area contributed by atoms with E-state index in [2.05, 4.69) is 27.3 Å². The Kier molecular flexibility index (Phi) is 7.33. The minimum Gasteiger partial charge on any atom is -0.477 e. The van der Waals surface area contributed by atoms with Crippen molar-refractivity contribution in [3.63, 3.8) is 0 Å². The number of rotatable bonds is 7. The summed E-state index contributed by atoms with van der Waals surface area (Å²) in [4.78, 5) is 57.0. The number of anilines is 1. The zero-order chi connectivity index (χ0) is 23.3. The number of nitrogens with one attached hydrogen (secondary N) is 1. The van der Waals surface area contributed by atoms with E-state index in [0.717, 1.165) is 11.1 Å². The summed E-state index contributed by atoms with van der Waals surface area (Å²) in [5.41, 5.74) is 6.06. The largest absolute Gasteiger partial charge is 0.477 e. The molecular formula is C18H17N5O7S2. The summed E-state index contributed by atoms with van der Waals surface area (Å²) in [5, 5.41) is 16.9. The van der Waals surface area contributed by atoms with Crippen LogP contribution in [-0.2, 0) is 28.8 Å². The van der Waals surface area contributed by atoms with Crippen molar-refractivity contribution in [3.05, 3.63) is 22.3 Å². The number of thioether (sulfide) groups is 1. The molecule has 2 atom stereocenters. The molecule has 32 heavy (non-hydrogen) atoms. The topological polar surface area (TPSA) is 174 Å². The lowest BCUT2D eigenvalue weighted by Crippen LogP contribution is -2.70. The van der Waals surface area contributed by atoms with E-state index >= 15 is 0 Å². The maximum Gasteiger partial charge on any atom is 0.352 e. The monoisotopic (exact) mass is 479 g/mol. The molecule has 4 N–H and O–H groups in total. The Labute approximate surface area is 189 Å². The van der Waals surface area contributed by atoms with Crippen LogP contribution in [0.4, 0.5) is 5.13 Å². The van der Waals surface area contributed by atoms with Gasteiger partial charge in [-0.3, -0.25) is 19.3 Å². The number of esters is 1. The highest BCUT2D eigenvalue weighted by Crippen LogP contribution is 2.40. The van der Waals surface area contributed by atoms with Crippen LogP contribution in [0.1, 0.15) is 12.6 Å². The van der Waals surface area contributed by atoms with Gasteiger partial charge in [0.2, 0.25) is 0 Å². The highest BCUT2D eigenvalue weighted by atomic mass is 32.2. The van der Waals surface area contributed by atoms with Crippen LogP contribution in [0.3, 0.4) is 0 Å². The molecule has 0 aliphatic carbocycles. The average Bonchev–Trinajstić information content (AvgIpc) is 3.16. The van der Waals surface area contributed by atoms with Gasteiger partial charge in [0.1, 0.15) is 35.6 Å². The average molecular weight is 479 g/mol. The third-order valence-corrected chi connectivity index (χ3v) is 6.13. The molecule has 3 rings (SSSR count). The van der Waals surface area contributed by atoms with E-state index < -0.39 is 35.2 Å². The fraction of sp³-hybridized carbons (Fsp3) is 0.333. The standard InChI is InChI=1S/C18H17N5O7S2/c1-9(24)29-6-10-7-31-16-13(15(26)23(16)14(10)17(27)28)22-12(25)5-20-30-4-2-3-11-8-32-18(19)21-11/h5,8,13,16H,4,6-7H2,1H3,(H2,19,21)(H,22,25)(H,27,28)/t13-,16+/m1/s1. The second kappa shape index (κ2) is 10.2. The second-order valence-corrected chi connectivity index (χ2v) is 8.31. The molecule has 1 aromatic rings. The molecule has 1 saturated heterocycles. The van der Waals surface area contributed by atoms with Crippen LogP contribution in [0.5, 0.6) is 0 Å². The van der Waals surface area contributed by atoms with Crippen molar-refractivity contribution in [2.45, 2.75) is 18.3 Å². The number of aliphatic carboxylic acids is 1. The molecule has 2 aliphatic heterocycles. The highest BCUT2D eigenvalue weighted by molar-refractivity contribution is 8.00. The Bertz CT molecular complexity index is 1070. The minimum atomic E-state index is -1.31. The quantitative estimate of drug-likeness (QED) is 0.114. The van der Waals surface area contributed by atoms with E-state index in [1.54, 1.807) is 5.38 Å². The molecule has 14 heteroatoms. The smallest absolute Gasteiger partial charge is 0.352 e. The lowest BCUT2D eigenvalue weighted by molar-refractivity contribution is -0.150. The van der Waals surface area contributed by atoms with E-state index in [0.29, 0.717) is 16.4 Å². The van der Waals surface area contributed by atoms with E-state index in [4.69, 9.17) is 15.3 Å². The number of carbonyl (C=O) groups is 4. The van der Waals surface area contributed by atoms with Gasteiger partial charge in [-0.1, -0.05) is 11.1 Å². The van der Waals surface area contributed by atoms with Crippen molar-refractivity contribution >= 4 is 58.2 Å². The highest BCUT2D eigenvalue weighted by Gasteiger charge is 2.54. The van der Waals surface area contributed by atoms with Gasteiger partial charge >= 0.3 is 11.9 Å². The molecular weight excluding hydrogens is 462 g/mol. The maximum absolute atomic E-state index is 12.5. The predicted octanol–water partition coefficient (Wildman–Crippen LogP) is -0.619. The van der Waals surface area contributed by atoms with E-state index in [1.165, 1.54) is 30.0 Å². The van der Waals surface area contributed by atoms with Crippen LogP contribution < -0.4 is 11.1 Å². The number of aromatic nitrogens is 1. The van der Waals surface area contributed by atoms with Crippen LogP contribution in [-0.4, -0.2) is 75.3 Å². The number of carboxylic acid groups (broad SMARTS) is 1. The number of β-lactam (4-membered cyclic amide) rings is 1. The summed E-state index contributed by atoms with van der Waals surface area (Å²) in [6, 6.07) is -0.918. The number of oxime groups is 1. The van der Waals surface area contributed by atoms with Gasteiger partial charge in [0.05, 0.1) is 0 Å². The number of ether oxygens (including phenoxy) is 1. The Morgan fingerprint density at radius 1 is 1.50 bits per heavy atom. The summed E-state index contributed by atoms with van der Waals surface area (Å²) in [7, 11) is 0. The first-order valence-corrected chi connectivity index (χ1v) is 10.9. The van der Waals surface area contributed by atoms with E-state index in [-0.39, 0.29) is 24.7 Å². The molecule has 2 amide bonds. The third-order valence-electron chi connectivity index (χ3n) is 4.12. The Hall–Kier alpha value is -3.57. The van der Waals surface area contributed by atoms with Crippen molar-refractivity contribution in [3.8, 4) is 11.8 Å². The number of carbonyl (C=O) groups excluding carboxylic acids is 3. The number of hydrogen-bond donors (Lipinski definition) is 3. The number of nitrogens with two attached hydrogens (primary N) is 1. The van der Waals surface area contributed by atoms with Crippen molar-refractivity contribution in [1.82, 2.24) is 15.2 Å². The molecule has 0 saturated carbocycles. The van der Waals surface area contributed by atoms with Crippen molar-refractivity contribution in [2.75, 3.05) is 24.7 Å². The number of thiazole rings is 1. The van der Waals surface area contributed by atoms with Gasteiger partial charge in [-0.15, -0.1) is 23.1 Å². The number of hydrogen-bond acceptors (Lipinski definition) is 11. The van der Waals surface area contributed by atoms with Gasteiger partial charge in [-0.05, 0) is 5.92 Å². The summed E-state index contributed by atoms with van der Waals surface area (Å²) < 4.78 is 4.86. The second-order valence-electron chi connectivity index (χ2n) is 6.31. The summed E-state index contributed by atoms with van der Waals surface area (Å²) >= 11 is 2.51. The fourth-order valence-corrected chi connectivity index (χ4v) is 4.62. The van der Waals surface area contributed by atoms with Gasteiger partial charge in [0, 0.05) is 23.6 Å². The lowest BCUT2D eigenvalue weighted by atomic mass is 10.0. The lowest BCUT2D eigenvalue weighted by Gasteiger charge is -2.49. The molecule has 0 bridgehead atoms. The third kappa shape index (κ3) is 5.37. The summed E-state index contributed by atoms with van der Waals surface area (Å²) in [6.07, 6.45) is 0.853. The maximum atomic E-state index is 12.5. The number of amides is 2. The van der Waals surface area contributed by atoms with Gasteiger partial charge in [0.15, 0.2) is 11.7 Å². The van der Waals surface area contributed by atoms with E-state index in [1.807, 2.05) is 0 Å². The Morgan fingerprint density at radius 2 is 2.28 bits per heavy atom. The molecule has 3 heterocycles. The molecule has 0 aromatic carbocycles.